The highest BCUT2D eigenvalue weighted by Gasteiger charge is 2.17. The summed E-state index contributed by atoms with van der Waals surface area (Å²) in [5, 5.41) is 3.64. The van der Waals surface area contributed by atoms with Crippen LogP contribution in [0, 0.1) is 0 Å². The van der Waals surface area contributed by atoms with E-state index in [1.807, 2.05) is 6.08 Å². The summed E-state index contributed by atoms with van der Waals surface area (Å²) in [4.78, 5) is 2.40. The van der Waals surface area contributed by atoms with E-state index in [4.69, 9.17) is 0 Å². The normalized spacial score (nSPS) is 27.1. The van der Waals surface area contributed by atoms with Gasteiger partial charge in [-0.15, -0.1) is 6.58 Å². The summed E-state index contributed by atoms with van der Waals surface area (Å²) in [5.41, 5.74) is 0. The average Bonchev–Trinajstić information content (AvgIpc) is 2.04. The van der Waals surface area contributed by atoms with Crippen LogP contribution in [-0.2, 0) is 0 Å². The molecular weight excluding hydrogens is 160 g/mol. The van der Waals surface area contributed by atoms with Crippen LogP contribution in [0.3, 0.4) is 0 Å². The van der Waals surface area contributed by atoms with Gasteiger partial charge < -0.3 is 10.2 Å². The SMILES string of the molecule is C=CCC(C)NC1CCCN(C)C1. The fourth-order valence-electron chi connectivity index (χ4n) is 2.02. The van der Waals surface area contributed by atoms with Crippen molar-refractivity contribution in [1.29, 1.82) is 0 Å². The highest BCUT2D eigenvalue weighted by molar-refractivity contribution is 4.82. The zero-order valence-corrected chi connectivity index (χ0v) is 8.92. The van der Waals surface area contributed by atoms with E-state index in [0.717, 1.165) is 6.42 Å². The van der Waals surface area contributed by atoms with Crippen molar-refractivity contribution in [2.75, 3.05) is 20.1 Å². The van der Waals surface area contributed by atoms with Crippen LogP contribution >= 0.6 is 0 Å². The lowest BCUT2D eigenvalue weighted by Gasteiger charge is -2.32. The van der Waals surface area contributed by atoms with Gasteiger partial charge >= 0.3 is 0 Å². The van der Waals surface area contributed by atoms with Gasteiger partial charge in [0.1, 0.15) is 0 Å². The smallest absolute Gasteiger partial charge is 0.0197 e. The minimum absolute atomic E-state index is 0.578. The molecule has 1 fully saturated rings. The van der Waals surface area contributed by atoms with E-state index in [1.54, 1.807) is 0 Å². The maximum absolute atomic E-state index is 3.76. The Morgan fingerprint density at radius 3 is 3.08 bits per heavy atom. The maximum Gasteiger partial charge on any atom is 0.0197 e. The molecule has 1 aliphatic rings. The molecule has 0 amide bonds. The predicted octanol–water partition coefficient (Wildman–Crippen LogP) is 1.63. The van der Waals surface area contributed by atoms with Gasteiger partial charge in [0.25, 0.3) is 0 Å². The lowest BCUT2D eigenvalue weighted by Crippen LogP contribution is -2.46. The monoisotopic (exact) mass is 182 g/mol. The van der Waals surface area contributed by atoms with Gasteiger partial charge in [0.05, 0.1) is 0 Å². The molecule has 13 heavy (non-hydrogen) atoms. The molecule has 1 aliphatic heterocycles. The largest absolute Gasteiger partial charge is 0.310 e. The topological polar surface area (TPSA) is 15.3 Å². The number of likely N-dealkylation sites (N-methyl/N-ethyl adjacent to an activating group) is 1. The van der Waals surface area contributed by atoms with Crippen molar-refractivity contribution in [3.05, 3.63) is 12.7 Å². The van der Waals surface area contributed by atoms with Crippen LogP contribution in [0.5, 0.6) is 0 Å². The Morgan fingerprint density at radius 2 is 2.46 bits per heavy atom. The van der Waals surface area contributed by atoms with Gasteiger partial charge in [-0.2, -0.15) is 0 Å². The van der Waals surface area contributed by atoms with E-state index in [0.29, 0.717) is 12.1 Å². The predicted molar refractivity (Wildman–Crippen MR) is 57.9 cm³/mol. The third-order valence-electron chi connectivity index (χ3n) is 2.66. The second-order valence-electron chi connectivity index (χ2n) is 4.19. The number of likely N-dealkylation sites (tertiary alicyclic amines) is 1. The van der Waals surface area contributed by atoms with Gasteiger partial charge in [0.15, 0.2) is 0 Å². The number of hydrogen-bond donors (Lipinski definition) is 1. The summed E-state index contributed by atoms with van der Waals surface area (Å²) in [6.07, 6.45) is 5.71. The average molecular weight is 182 g/mol. The molecule has 0 aromatic rings. The highest BCUT2D eigenvalue weighted by Crippen LogP contribution is 2.09. The van der Waals surface area contributed by atoms with E-state index in [1.165, 1.54) is 25.9 Å². The first-order chi connectivity index (χ1) is 6.22. The minimum Gasteiger partial charge on any atom is -0.310 e. The molecule has 0 radical (unpaired) electrons. The highest BCUT2D eigenvalue weighted by atomic mass is 15.1. The molecule has 2 unspecified atom stereocenters. The van der Waals surface area contributed by atoms with E-state index in [9.17, 15) is 0 Å². The van der Waals surface area contributed by atoms with Crippen molar-refractivity contribution >= 4 is 0 Å². The summed E-state index contributed by atoms with van der Waals surface area (Å²) in [7, 11) is 2.20. The fraction of sp³-hybridized carbons (Fsp3) is 0.818. The van der Waals surface area contributed by atoms with Crippen LogP contribution in [0.4, 0.5) is 0 Å². The van der Waals surface area contributed by atoms with Crippen LogP contribution in [0.15, 0.2) is 12.7 Å². The standard InChI is InChI=1S/C11H22N2/c1-4-6-10(2)12-11-7-5-8-13(3)9-11/h4,10-12H,1,5-9H2,2-3H3. The Bertz CT molecular complexity index is 156. The Hall–Kier alpha value is -0.340. The number of rotatable bonds is 4. The lowest BCUT2D eigenvalue weighted by molar-refractivity contribution is 0.218. The fourth-order valence-corrected chi connectivity index (χ4v) is 2.02. The zero-order valence-electron chi connectivity index (χ0n) is 8.92. The summed E-state index contributed by atoms with van der Waals surface area (Å²) >= 11 is 0. The number of hydrogen-bond acceptors (Lipinski definition) is 2. The first-order valence-corrected chi connectivity index (χ1v) is 5.28. The van der Waals surface area contributed by atoms with Gasteiger partial charge in [-0.05, 0) is 39.8 Å². The van der Waals surface area contributed by atoms with Crippen molar-refractivity contribution in [2.24, 2.45) is 0 Å². The van der Waals surface area contributed by atoms with Crippen molar-refractivity contribution in [3.63, 3.8) is 0 Å². The number of nitrogens with zero attached hydrogens (tertiary/aromatic N) is 1. The Kier molecular flexibility index (Phi) is 4.46. The Balaban J connectivity index is 2.22. The van der Waals surface area contributed by atoms with Crippen molar-refractivity contribution in [2.45, 2.75) is 38.3 Å². The minimum atomic E-state index is 0.578. The molecule has 0 aromatic heterocycles. The molecule has 2 atom stereocenters. The Morgan fingerprint density at radius 1 is 1.69 bits per heavy atom. The summed E-state index contributed by atoms with van der Waals surface area (Å²) in [5.74, 6) is 0. The first-order valence-electron chi connectivity index (χ1n) is 5.28. The molecule has 0 bridgehead atoms. The van der Waals surface area contributed by atoms with E-state index < -0.39 is 0 Å². The summed E-state index contributed by atoms with van der Waals surface area (Å²) in [6, 6.07) is 1.27. The van der Waals surface area contributed by atoms with Crippen LogP contribution in [-0.4, -0.2) is 37.1 Å². The maximum atomic E-state index is 3.76. The summed E-state index contributed by atoms with van der Waals surface area (Å²) in [6.45, 7) is 8.44. The van der Waals surface area contributed by atoms with Gasteiger partial charge in [0, 0.05) is 18.6 Å². The van der Waals surface area contributed by atoms with E-state index >= 15 is 0 Å². The molecule has 2 heteroatoms. The van der Waals surface area contributed by atoms with Crippen LogP contribution in [0.2, 0.25) is 0 Å². The molecule has 1 saturated heterocycles. The third kappa shape index (κ3) is 3.92. The molecule has 1 heterocycles. The molecular formula is C11H22N2. The van der Waals surface area contributed by atoms with Crippen LogP contribution in [0.1, 0.15) is 26.2 Å². The molecule has 0 aromatic carbocycles. The first kappa shape index (κ1) is 10.7. The molecule has 0 aliphatic carbocycles. The molecule has 76 valence electrons. The third-order valence-corrected chi connectivity index (χ3v) is 2.66. The zero-order chi connectivity index (χ0) is 9.68. The molecule has 2 nitrogen and oxygen atoms in total. The molecule has 0 saturated carbocycles. The second kappa shape index (κ2) is 5.40. The quantitative estimate of drug-likeness (QED) is 0.665. The molecule has 1 rings (SSSR count). The Labute approximate surface area is 82.0 Å². The lowest BCUT2D eigenvalue weighted by atomic mass is 10.0. The van der Waals surface area contributed by atoms with Gasteiger partial charge in [-0.1, -0.05) is 6.08 Å². The van der Waals surface area contributed by atoms with E-state index in [-0.39, 0.29) is 0 Å². The number of piperidine rings is 1. The molecule has 1 N–H and O–H groups in total. The van der Waals surface area contributed by atoms with Crippen LogP contribution < -0.4 is 5.32 Å². The van der Waals surface area contributed by atoms with Crippen LogP contribution in [0.25, 0.3) is 0 Å². The van der Waals surface area contributed by atoms with Gasteiger partial charge in [0.2, 0.25) is 0 Å². The second-order valence-corrected chi connectivity index (χ2v) is 4.19. The van der Waals surface area contributed by atoms with Crippen molar-refractivity contribution < 1.29 is 0 Å². The molecule has 0 spiro atoms. The summed E-state index contributed by atoms with van der Waals surface area (Å²) < 4.78 is 0. The van der Waals surface area contributed by atoms with Gasteiger partial charge in [-0.3, -0.25) is 0 Å². The van der Waals surface area contributed by atoms with Gasteiger partial charge in [-0.25, -0.2) is 0 Å². The van der Waals surface area contributed by atoms with Crippen molar-refractivity contribution in [3.8, 4) is 0 Å². The number of nitrogens with one attached hydrogen (secondary N) is 1. The van der Waals surface area contributed by atoms with Crippen molar-refractivity contribution in [1.82, 2.24) is 10.2 Å². The van der Waals surface area contributed by atoms with E-state index in [2.05, 4.69) is 30.8 Å².